The summed E-state index contributed by atoms with van der Waals surface area (Å²) in [6.07, 6.45) is 4.75. The van der Waals surface area contributed by atoms with Gasteiger partial charge in [-0.05, 0) is 71.6 Å². The second kappa shape index (κ2) is 9.65. The molecule has 2 rings (SSSR count). The zero-order valence-corrected chi connectivity index (χ0v) is 14.5. The topological polar surface area (TPSA) is 35.6 Å². The number of halogens is 1. The third-order valence-corrected chi connectivity index (χ3v) is 4.99. The van der Waals surface area contributed by atoms with Crippen LogP contribution in [0.4, 0.5) is 0 Å². The van der Waals surface area contributed by atoms with Crippen molar-refractivity contribution in [2.75, 3.05) is 45.8 Å². The summed E-state index contributed by atoms with van der Waals surface area (Å²) in [5, 5.41) is 3.43. The van der Waals surface area contributed by atoms with Crippen molar-refractivity contribution < 1.29 is 4.79 Å². The maximum Gasteiger partial charge on any atom is 0.225 e. The first-order valence-electron chi connectivity index (χ1n) is 8.46. The van der Waals surface area contributed by atoms with Gasteiger partial charge in [-0.25, -0.2) is 0 Å². The van der Waals surface area contributed by atoms with Crippen molar-refractivity contribution in [2.45, 2.75) is 39.5 Å². The molecule has 0 aromatic carbocycles. The van der Waals surface area contributed by atoms with Crippen LogP contribution in [0.5, 0.6) is 0 Å². The molecule has 124 valence electrons. The van der Waals surface area contributed by atoms with Crippen molar-refractivity contribution in [1.29, 1.82) is 0 Å². The Kier molecular flexibility index (Phi) is 8.60. The number of piperidine rings is 2. The maximum absolute atomic E-state index is 12.4. The van der Waals surface area contributed by atoms with Crippen molar-refractivity contribution in [3.05, 3.63) is 0 Å². The molecule has 0 bridgehead atoms. The van der Waals surface area contributed by atoms with E-state index >= 15 is 0 Å². The van der Waals surface area contributed by atoms with Gasteiger partial charge in [-0.3, -0.25) is 4.79 Å². The van der Waals surface area contributed by atoms with Gasteiger partial charge in [0.05, 0.1) is 0 Å². The number of carbonyl (C=O) groups excluding carboxylic acids is 1. The van der Waals surface area contributed by atoms with Gasteiger partial charge >= 0.3 is 0 Å². The Hall–Kier alpha value is -0.320. The van der Waals surface area contributed by atoms with Crippen LogP contribution in [0.1, 0.15) is 39.5 Å². The first-order chi connectivity index (χ1) is 9.74. The van der Waals surface area contributed by atoms with Gasteiger partial charge in [0.2, 0.25) is 5.91 Å². The Bertz CT molecular complexity index is 296. The molecule has 2 saturated heterocycles. The molecule has 0 saturated carbocycles. The minimum Gasteiger partial charge on any atom is -0.343 e. The molecule has 5 heteroatoms. The van der Waals surface area contributed by atoms with E-state index in [0.29, 0.717) is 5.91 Å². The second-order valence-electron chi connectivity index (χ2n) is 6.28. The predicted molar refractivity (Wildman–Crippen MR) is 89.9 cm³/mol. The van der Waals surface area contributed by atoms with E-state index in [4.69, 9.17) is 0 Å². The zero-order chi connectivity index (χ0) is 14.4. The Morgan fingerprint density at radius 1 is 1.10 bits per heavy atom. The van der Waals surface area contributed by atoms with Crippen LogP contribution in [0, 0.1) is 11.8 Å². The Balaban J connectivity index is 0.00000220. The fourth-order valence-electron chi connectivity index (χ4n) is 3.59. The van der Waals surface area contributed by atoms with E-state index in [0.717, 1.165) is 44.9 Å². The van der Waals surface area contributed by atoms with Gasteiger partial charge in [0, 0.05) is 25.6 Å². The fraction of sp³-hybridized carbons (Fsp3) is 0.938. The Morgan fingerprint density at radius 2 is 1.67 bits per heavy atom. The lowest BCUT2D eigenvalue weighted by molar-refractivity contribution is -0.136. The van der Waals surface area contributed by atoms with Gasteiger partial charge in [-0.15, -0.1) is 12.4 Å². The van der Waals surface area contributed by atoms with Gasteiger partial charge in [-0.1, -0.05) is 0 Å². The first kappa shape index (κ1) is 18.7. The summed E-state index contributed by atoms with van der Waals surface area (Å²) in [5.74, 6) is 1.53. The second-order valence-corrected chi connectivity index (χ2v) is 6.28. The summed E-state index contributed by atoms with van der Waals surface area (Å²) in [4.78, 5) is 16.9. The number of carbonyl (C=O) groups is 1. The highest BCUT2D eigenvalue weighted by atomic mass is 35.5. The quantitative estimate of drug-likeness (QED) is 0.842. The van der Waals surface area contributed by atoms with E-state index in [1.807, 2.05) is 4.90 Å². The average molecular weight is 318 g/mol. The molecule has 2 aliphatic heterocycles. The van der Waals surface area contributed by atoms with Gasteiger partial charge < -0.3 is 15.1 Å². The molecule has 0 aromatic heterocycles. The number of hydrogen-bond acceptors (Lipinski definition) is 3. The number of nitrogens with one attached hydrogen (secondary N) is 1. The molecule has 1 amide bonds. The van der Waals surface area contributed by atoms with Crippen LogP contribution in [0.15, 0.2) is 0 Å². The number of nitrogens with zero attached hydrogens (tertiary/aromatic N) is 2. The largest absolute Gasteiger partial charge is 0.343 e. The smallest absolute Gasteiger partial charge is 0.225 e. The average Bonchev–Trinajstić information content (AvgIpc) is 2.50. The predicted octanol–water partition coefficient (Wildman–Crippen LogP) is 1.99. The van der Waals surface area contributed by atoms with E-state index < -0.39 is 0 Å². The molecule has 2 fully saturated rings. The number of amides is 1. The number of rotatable bonds is 5. The van der Waals surface area contributed by atoms with E-state index in [-0.39, 0.29) is 18.3 Å². The Morgan fingerprint density at radius 3 is 2.19 bits per heavy atom. The molecular formula is C16H32ClN3O. The summed E-state index contributed by atoms with van der Waals surface area (Å²) in [6.45, 7) is 11.7. The van der Waals surface area contributed by atoms with Crippen molar-refractivity contribution in [2.24, 2.45) is 11.8 Å². The summed E-state index contributed by atoms with van der Waals surface area (Å²) in [7, 11) is 0. The van der Waals surface area contributed by atoms with Crippen LogP contribution in [-0.4, -0.2) is 61.5 Å². The SMILES string of the molecule is CCN(CC)C(=O)C1CCN(CC2CCNCC2)CC1.Cl. The third kappa shape index (κ3) is 5.42. The van der Waals surface area contributed by atoms with Crippen molar-refractivity contribution in [3.8, 4) is 0 Å². The van der Waals surface area contributed by atoms with Gasteiger partial charge in [0.1, 0.15) is 0 Å². The fourth-order valence-corrected chi connectivity index (χ4v) is 3.59. The Labute approximate surface area is 136 Å². The van der Waals surface area contributed by atoms with Crippen LogP contribution in [0.2, 0.25) is 0 Å². The molecular weight excluding hydrogens is 286 g/mol. The number of likely N-dealkylation sites (tertiary alicyclic amines) is 1. The molecule has 4 nitrogen and oxygen atoms in total. The highest BCUT2D eigenvalue weighted by molar-refractivity contribution is 5.85. The molecule has 1 N–H and O–H groups in total. The van der Waals surface area contributed by atoms with Crippen molar-refractivity contribution in [1.82, 2.24) is 15.1 Å². The highest BCUT2D eigenvalue weighted by Gasteiger charge is 2.28. The molecule has 2 aliphatic rings. The van der Waals surface area contributed by atoms with E-state index in [1.165, 1.54) is 32.5 Å². The lowest BCUT2D eigenvalue weighted by atomic mass is 9.92. The lowest BCUT2D eigenvalue weighted by Gasteiger charge is -2.36. The zero-order valence-electron chi connectivity index (χ0n) is 13.6. The maximum atomic E-state index is 12.4. The first-order valence-corrected chi connectivity index (χ1v) is 8.46. The van der Waals surface area contributed by atoms with Gasteiger partial charge in [0.25, 0.3) is 0 Å². The molecule has 21 heavy (non-hydrogen) atoms. The molecule has 0 radical (unpaired) electrons. The van der Waals surface area contributed by atoms with E-state index in [9.17, 15) is 4.79 Å². The summed E-state index contributed by atoms with van der Waals surface area (Å²) < 4.78 is 0. The summed E-state index contributed by atoms with van der Waals surface area (Å²) >= 11 is 0. The third-order valence-electron chi connectivity index (χ3n) is 4.99. The van der Waals surface area contributed by atoms with Crippen LogP contribution in [0.3, 0.4) is 0 Å². The summed E-state index contributed by atoms with van der Waals surface area (Å²) in [5.41, 5.74) is 0. The molecule has 0 atom stereocenters. The molecule has 2 heterocycles. The van der Waals surface area contributed by atoms with Crippen LogP contribution < -0.4 is 5.32 Å². The monoisotopic (exact) mass is 317 g/mol. The van der Waals surface area contributed by atoms with Crippen molar-refractivity contribution in [3.63, 3.8) is 0 Å². The van der Waals surface area contributed by atoms with E-state index in [1.54, 1.807) is 0 Å². The molecule has 0 aliphatic carbocycles. The number of hydrogen-bond donors (Lipinski definition) is 1. The lowest BCUT2D eigenvalue weighted by Crippen LogP contribution is -2.44. The van der Waals surface area contributed by atoms with Crippen LogP contribution in [-0.2, 0) is 4.79 Å². The normalized spacial score (nSPS) is 21.8. The minimum atomic E-state index is 0. The highest BCUT2D eigenvalue weighted by Crippen LogP contribution is 2.22. The van der Waals surface area contributed by atoms with Gasteiger partial charge in [-0.2, -0.15) is 0 Å². The van der Waals surface area contributed by atoms with Crippen LogP contribution >= 0.6 is 12.4 Å². The minimum absolute atomic E-state index is 0. The van der Waals surface area contributed by atoms with E-state index in [2.05, 4.69) is 24.1 Å². The summed E-state index contributed by atoms with van der Waals surface area (Å²) in [6, 6.07) is 0. The van der Waals surface area contributed by atoms with Crippen molar-refractivity contribution >= 4 is 18.3 Å². The molecule has 0 unspecified atom stereocenters. The van der Waals surface area contributed by atoms with Gasteiger partial charge in [0.15, 0.2) is 0 Å². The standard InChI is InChI=1S/C16H31N3O.ClH/c1-3-19(4-2)16(20)15-7-11-18(12-8-15)13-14-5-9-17-10-6-14;/h14-15,17H,3-13H2,1-2H3;1H. The molecule has 0 aromatic rings. The molecule has 0 spiro atoms. The van der Waals surface area contributed by atoms with Crippen LogP contribution in [0.25, 0.3) is 0 Å².